The zero-order chi connectivity index (χ0) is 20.3. The normalized spacial score (nSPS) is 11.3. The third-order valence-electron chi connectivity index (χ3n) is 3.88. The standard InChI is InChI=1S/C21H24N4O3/c1-5-28-15-11-9-14(10-12-15)22-19(26)17-16-8-6-7-13-25(16)18(23-17)20(27)24-21(2,3)4/h6-13H,5H2,1-4H3,(H,22,26)(H,24,27). The number of ether oxygens (including phenoxy) is 1. The summed E-state index contributed by atoms with van der Waals surface area (Å²) < 4.78 is 7.02. The molecule has 0 radical (unpaired) electrons. The number of carbonyl (C=O) groups excluding carboxylic acids is 2. The second kappa shape index (κ2) is 7.72. The highest BCUT2D eigenvalue weighted by Crippen LogP contribution is 2.19. The van der Waals surface area contributed by atoms with Crippen LogP contribution in [-0.4, -0.2) is 33.3 Å². The van der Waals surface area contributed by atoms with Crippen molar-refractivity contribution in [3.63, 3.8) is 0 Å². The summed E-state index contributed by atoms with van der Waals surface area (Å²) in [6, 6.07) is 12.4. The number of nitrogens with one attached hydrogen (secondary N) is 2. The molecule has 0 spiro atoms. The van der Waals surface area contributed by atoms with E-state index < -0.39 is 5.54 Å². The fraction of sp³-hybridized carbons (Fsp3) is 0.286. The first-order chi connectivity index (χ1) is 13.3. The molecule has 1 aromatic carbocycles. The first kappa shape index (κ1) is 19.4. The number of imidazole rings is 1. The van der Waals surface area contributed by atoms with Gasteiger partial charge in [-0.15, -0.1) is 0 Å². The number of anilines is 1. The molecule has 0 atom stereocenters. The van der Waals surface area contributed by atoms with Gasteiger partial charge in [-0.05, 0) is 64.1 Å². The van der Waals surface area contributed by atoms with Gasteiger partial charge in [-0.3, -0.25) is 14.0 Å². The molecule has 3 rings (SSSR count). The lowest BCUT2D eigenvalue weighted by atomic mass is 10.1. The van der Waals surface area contributed by atoms with E-state index in [1.165, 1.54) is 0 Å². The minimum absolute atomic E-state index is 0.169. The molecule has 0 unspecified atom stereocenters. The van der Waals surface area contributed by atoms with Gasteiger partial charge < -0.3 is 15.4 Å². The largest absolute Gasteiger partial charge is 0.494 e. The third kappa shape index (κ3) is 4.31. The summed E-state index contributed by atoms with van der Waals surface area (Å²) in [5.41, 5.74) is 0.951. The number of aromatic nitrogens is 2. The molecule has 0 aliphatic heterocycles. The van der Waals surface area contributed by atoms with Crippen LogP contribution in [0.1, 0.15) is 48.8 Å². The lowest BCUT2D eigenvalue weighted by Crippen LogP contribution is -2.41. The highest BCUT2D eigenvalue weighted by atomic mass is 16.5. The van der Waals surface area contributed by atoms with Gasteiger partial charge in [0.2, 0.25) is 5.82 Å². The maximum absolute atomic E-state index is 12.8. The Morgan fingerprint density at radius 1 is 1.07 bits per heavy atom. The summed E-state index contributed by atoms with van der Waals surface area (Å²) in [4.78, 5) is 29.8. The van der Waals surface area contributed by atoms with E-state index in [2.05, 4.69) is 15.6 Å². The van der Waals surface area contributed by atoms with E-state index in [-0.39, 0.29) is 23.3 Å². The van der Waals surface area contributed by atoms with Gasteiger partial charge in [0.25, 0.3) is 11.8 Å². The second-order valence-corrected chi connectivity index (χ2v) is 7.36. The molecule has 2 amide bonds. The van der Waals surface area contributed by atoms with E-state index in [1.54, 1.807) is 53.1 Å². The Kier molecular flexibility index (Phi) is 5.35. The number of fused-ring (bicyclic) bond motifs is 1. The highest BCUT2D eigenvalue weighted by molar-refractivity contribution is 6.09. The van der Waals surface area contributed by atoms with Crippen molar-refractivity contribution in [3.8, 4) is 5.75 Å². The van der Waals surface area contributed by atoms with E-state index in [0.717, 1.165) is 5.75 Å². The SMILES string of the molecule is CCOc1ccc(NC(=O)c2nc(C(=O)NC(C)(C)C)n3ccccc23)cc1. The van der Waals surface area contributed by atoms with Crippen LogP contribution in [0.5, 0.6) is 5.75 Å². The predicted molar refractivity (Wildman–Crippen MR) is 108 cm³/mol. The van der Waals surface area contributed by atoms with Gasteiger partial charge >= 0.3 is 0 Å². The van der Waals surface area contributed by atoms with Gasteiger partial charge in [0.05, 0.1) is 12.1 Å². The van der Waals surface area contributed by atoms with Crippen LogP contribution in [0.2, 0.25) is 0 Å². The molecule has 0 bridgehead atoms. The molecule has 146 valence electrons. The third-order valence-corrected chi connectivity index (χ3v) is 3.88. The molecule has 28 heavy (non-hydrogen) atoms. The topological polar surface area (TPSA) is 84.7 Å². The minimum atomic E-state index is -0.414. The number of hydrogen-bond acceptors (Lipinski definition) is 4. The maximum Gasteiger partial charge on any atom is 0.288 e. The van der Waals surface area contributed by atoms with E-state index in [0.29, 0.717) is 17.8 Å². The first-order valence-electron chi connectivity index (χ1n) is 9.12. The molecular formula is C21H24N4O3. The van der Waals surface area contributed by atoms with Gasteiger partial charge in [0.1, 0.15) is 5.75 Å². The smallest absolute Gasteiger partial charge is 0.288 e. The van der Waals surface area contributed by atoms with Crippen molar-refractivity contribution < 1.29 is 14.3 Å². The van der Waals surface area contributed by atoms with Crippen molar-refractivity contribution in [2.45, 2.75) is 33.2 Å². The molecule has 0 saturated carbocycles. The molecule has 3 aromatic rings. The molecular weight excluding hydrogens is 356 g/mol. The van der Waals surface area contributed by atoms with Crippen LogP contribution in [0.15, 0.2) is 48.7 Å². The Morgan fingerprint density at radius 2 is 1.79 bits per heavy atom. The summed E-state index contributed by atoms with van der Waals surface area (Å²) in [6.45, 7) is 8.15. The van der Waals surface area contributed by atoms with Crippen molar-refractivity contribution >= 4 is 23.0 Å². The number of hydrogen-bond donors (Lipinski definition) is 2. The molecule has 0 saturated heterocycles. The van der Waals surface area contributed by atoms with Gasteiger partial charge in [-0.25, -0.2) is 4.98 Å². The monoisotopic (exact) mass is 380 g/mol. The molecule has 2 aromatic heterocycles. The Balaban J connectivity index is 1.90. The molecule has 7 heteroatoms. The molecule has 2 N–H and O–H groups in total. The summed E-state index contributed by atoms with van der Waals surface area (Å²) in [5, 5.41) is 5.70. The Labute approximate surface area is 163 Å². The molecule has 2 heterocycles. The molecule has 0 fully saturated rings. The minimum Gasteiger partial charge on any atom is -0.494 e. The van der Waals surface area contributed by atoms with Crippen molar-refractivity contribution in [2.24, 2.45) is 0 Å². The average Bonchev–Trinajstić information content (AvgIpc) is 3.02. The van der Waals surface area contributed by atoms with Crippen LogP contribution in [0, 0.1) is 0 Å². The van der Waals surface area contributed by atoms with E-state index in [4.69, 9.17) is 4.74 Å². The Bertz CT molecular complexity index is 1000. The van der Waals surface area contributed by atoms with Crippen LogP contribution in [0.25, 0.3) is 5.52 Å². The van der Waals surface area contributed by atoms with E-state index in [1.807, 2.05) is 27.7 Å². The lowest BCUT2D eigenvalue weighted by Gasteiger charge is -2.19. The number of benzene rings is 1. The average molecular weight is 380 g/mol. The first-order valence-corrected chi connectivity index (χ1v) is 9.12. The van der Waals surface area contributed by atoms with Crippen LogP contribution in [0.4, 0.5) is 5.69 Å². The number of pyridine rings is 1. The molecule has 0 aliphatic carbocycles. The summed E-state index contributed by atoms with van der Waals surface area (Å²) >= 11 is 0. The van der Waals surface area contributed by atoms with Gasteiger partial charge in [0, 0.05) is 17.4 Å². The van der Waals surface area contributed by atoms with Gasteiger partial charge in [-0.2, -0.15) is 0 Å². The van der Waals surface area contributed by atoms with Crippen LogP contribution in [-0.2, 0) is 0 Å². The molecule has 0 aliphatic rings. The second-order valence-electron chi connectivity index (χ2n) is 7.36. The van der Waals surface area contributed by atoms with Crippen LogP contribution >= 0.6 is 0 Å². The number of rotatable bonds is 5. The summed E-state index contributed by atoms with van der Waals surface area (Å²) in [5.74, 6) is 0.174. The lowest BCUT2D eigenvalue weighted by molar-refractivity contribution is 0.0908. The zero-order valence-corrected chi connectivity index (χ0v) is 16.4. The zero-order valence-electron chi connectivity index (χ0n) is 16.4. The maximum atomic E-state index is 12.8. The van der Waals surface area contributed by atoms with Crippen molar-refractivity contribution in [2.75, 3.05) is 11.9 Å². The number of carbonyl (C=O) groups is 2. The van der Waals surface area contributed by atoms with Crippen molar-refractivity contribution in [1.29, 1.82) is 0 Å². The van der Waals surface area contributed by atoms with E-state index >= 15 is 0 Å². The number of amides is 2. The fourth-order valence-electron chi connectivity index (χ4n) is 2.75. The van der Waals surface area contributed by atoms with Crippen molar-refractivity contribution in [1.82, 2.24) is 14.7 Å². The summed E-state index contributed by atoms with van der Waals surface area (Å²) in [7, 11) is 0. The van der Waals surface area contributed by atoms with Gasteiger partial charge in [0.15, 0.2) is 5.69 Å². The van der Waals surface area contributed by atoms with Crippen molar-refractivity contribution in [3.05, 3.63) is 60.2 Å². The highest BCUT2D eigenvalue weighted by Gasteiger charge is 2.24. The fourth-order valence-corrected chi connectivity index (χ4v) is 2.75. The molecule has 7 nitrogen and oxygen atoms in total. The Morgan fingerprint density at radius 3 is 2.43 bits per heavy atom. The quantitative estimate of drug-likeness (QED) is 0.709. The van der Waals surface area contributed by atoms with Crippen LogP contribution in [0.3, 0.4) is 0 Å². The van der Waals surface area contributed by atoms with Gasteiger partial charge in [-0.1, -0.05) is 6.07 Å². The van der Waals surface area contributed by atoms with E-state index in [9.17, 15) is 9.59 Å². The Hall–Kier alpha value is -3.35. The number of nitrogens with zero attached hydrogens (tertiary/aromatic N) is 2. The van der Waals surface area contributed by atoms with Crippen LogP contribution < -0.4 is 15.4 Å². The summed E-state index contributed by atoms with van der Waals surface area (Å²) in [6.07, 6.45) is 1.72. The predicted octanol–water partition coefficient (Wildman–Crippen LogP) is 3.51.